The zero-order valence-corrected chi connectivity index (χ0v) is 44.4. The molecule has 74 heavy (non-hydrogen) atoms. The third-order valence-electron chi connectivity index (χ3n) is 15.1. The fourth-order valence-corrected chi connectivity index (χ4v) is 10.6. The first-order chi connectivity index (χ1) is 35.9. The van der Waals surface area contributed by atoms with Crippen LogP contribution >= 0.6 is 0 Å². The number of nitrogens with zero attached hydrogens (tertiary/aromatic N) is 2. The van der Waals surface area contributed by atoms with Crippen molar-refractivity contribution in [3.63, 3.8) is 0 Å². The van der Waals surface area contributed by atoms with Gasteiger partial charge in [0.15, 0.2) is 0 Å². The number of hydrogen-bond donors (Lipinski definition) is 7. The maximum Gasteiger partial charge on any atom is 0.325 e. The van der Waals surface area contributed by atoms with Crippen molar-refractivity contribution in [2.24, 2.45) is 0 Å². The largest absolute Gasteiger partial charge is 0.350 e. The van der Waals surface area contributed by atoms with Crippen LogP contribution in [0.5, 0.6) is 0 Å². The molecule has 7 atom stereocenters. The summed E-state index contributed by atoms with van der Waals surface area (Å²) in [6, 6.07) is 22.7. The molecule has 3 aliphatic heterocycles. The van der Waals surface area contributed by atoms with E-state index in [0.29, 0.717) is 51.7 Å². The minimum absolute atomic E-state index is 0.0344. The number of aryl methyl sites for hydroxylation is 2. The standard InChI is InChI=1S/C58H83N9O7/c1-5-7-9-22-47-34-36-50(67(47)58(74)65-53(69)40(3)59-4)55(71)64-52(44-20-10-8-11-21-44)45-31-29-42(30-32-45)19-15-17-38-61-57(73)60-37-16-14-18-41-25-27-43(28-26-41)39-62-54(70)49-35-33-46-23-12-13-24-48(56(72)66(46)49)63-51(68)6-2/h8,10-11,20-21,25-32,40,46-50,52,59H,5-7,9,12-19,22-24,33-39H2,1-4H3,(H,62,70)(H,63,68)(H,64,71)(H2,60,61,73)(H,65,69,74)/t40-,46-,47-,48-,49-,50-,52-/m0/s1. The van der Waals surface area contributed by atoms with Crippen LogP contribution in [0.2, 0.25) is 0 Å². The van der Waals surface area contributed by atoms with E-state index in [-0.39, 0.29) is 41.7 Å². The lowest BCUT2D eigenvalue weighted by Crippen LogP contribution is -2.56. The molecule has 0 spiro atoms. The topological polar surface area (TPSA) is 210 Å². The second kappa shape index (κ2) is 29.6. The highest BCUT2D eigenvalue weighted by atomic mass is 16.2. The first kappa shape index (κ1) is 57.0. The number of amides is 9. The van der Waals surface area contributed by atoms with Crippen LogP contribution in [-0.2, 0) is 43.4 Å². The molecule has 0 aliphatic carbocycles. The number of urea groups is 2. The number of benzene rings is 3. The smallest absolute Gasteiger partial charge is 0.325 e. The summed E-state index contributed by atoms with van der Waals surface area (Å²) in [4.78, 5) is 95.5. The van der Waals surface area contributed by atoms with Gasteiger partial charge in [-0.3, -0.25) is 29.3 Å². The number of hydrogen-bond acceptors (Lipinski definition) is 8. The predicted molar refractivity (Wildman–Crippen MR) is 288 cm³/mol. The summed E-state index contributed by atoms with van der Waals surface area (Å²) >= 11 is 0. The van der Waals surface area contributed by atoms with Crippen LogP contribution in [0.25, 0.3) is 0 Å². The third kappa shape index (κ3) is 16.6. The predicted octanol–water partition coefficient (Wildman–Crippen LogP) is 7.24. The molecular formula is C58H83N9O7. The zero-order chi connectivity index (χ0) is 52.8. The van der Waals surface area contributed by atoms with Crippen LogP contribution in [0, 0.1) is 0 Å². The molecule has 402 valence electrons. The highest BCUT2D eigenvalue weighted by molar-refractivity contribution is 5.99. The molecule has 0 radical (unpaired) electrons. The lowest BCUT2D eigenvalue weighted by atomic mass is 9.96. The van der Waals surface area contributed by atoms with Crippen molar-refractivity contribution in [2.75, 3.05) is 20.1 Å². The van der Waals surface area contributed by atoms with Gasteiger partial charge in [0.2, 0.25) is 29.5 Å². The molecular weight excluding hydrogens is 935 g/mol. The number of unbranched alkanes of at least 4 members (excludes halogenated alkanes) is 4. The van der Waals surface area contributed by atoms with E-state index in [4.69, 9.17) is 0 Å². The highest BCUT2D eigenvalue weighted by Gasteiger charge is 2.44. The molecule has 9 amide bonds. The van der Waals surface area contributed by atoms with Crippen molar-refractivity contribution in [2.45, 2.75) is 192 Å². The minimum atomic E-state index is -0.706. The molecule has 0 aromatic heterocycles. The number of imide groups is 1. The first-order valence-corrected chi connectivity index (χ1v) is 27.6. The van der Waals surface area contributed by atoms with Gasteiger partial charge in [-0.15, -0.1) is 0 Å². The average Bonchev–Trinajstić information content (AvgIpc) is 4.05. The summed E-state index contributed by atoms with van der Waals surface area (Å²) in [5.74, 6) is -1.11. The molecule has 0 bridgehead atoms. The summed E-state index contributed by atoms with van der Waals surface area (Å²) in [6.07, 6.45) is 15.3. The fraction of sp³-hybridized carbons (Fsp3) is 0.569. The second-order valence-corrected chi connectivity index (χ2v) is 20.4. The van der Waals surface area contributed by atoms with Crippen LogP contribution in [0.1, 0.15) is 164 Å². The molecule has 0 saturated carbocycles. The van der Waals surface area contributed by atoms with Crippen LogP contribution in [-0.4, -0.2) is 108 Å². The van der Waals surface area contributed by atoms with Gasteiger partial charge < -0.3 is 41.7 Å². The molecule has 3 aromatic rings. The quantitative estimate of drug-likeness (QED) is 0.0430. The van der Waals surface area contributed by atoms with Gasteiger partial charge in [0.25, 0.3) is 0 Å². The Morgan fingerprint density at radius 3 is 1.92 bits per heavy atom. The summed E-state index contributed by atoms with van der Waals surface area (Å²) in [5, 5.41) is 20.6. The van der Waals surface area contributed by atoms with Crippen molar-refractivity contribution >= 4 is 41.6 Å². The van der Waals surface area contributed by atoms with Crippen LogP contribution in [0.15, 0.2) is 78.9 Å². The fourth-order valence-electron chi connectivity index (χ4n) is 10.6. The van der Waals surface area contributed by atoms with E-state index < -0.39 is 42.1 Å². The van der Waals surface area contributed by atoms with Gasteiger partial charge in [-0.25, -0.2) is 9.59 Å². The van der Waals surface area contributed by atoms with E-state index in [1.165, 1.54) is 5.56 Å². The molecule has 3 aliphatic rings. The summed E-state index contributed by atoms with van der Waals surface area (Å²) in [5.41, 5.74) is 5.16. The SMILES string of the molecule is CCCCC[C@H]1CC[C@@H](C(=O)N[C@@H](c2ccccc2)c2ccc(CCCCNC(=O)NCCCCc3ccc(CNC(=O)[C@@H]4CC[C@@H]5CCCC[C@H](NC(=O)CC)C(=O)N54)cc3)cc2)N1C(=O)NC(=O)[C@H](C)NC. The summed E-state index contributed by atoms with van der Waals surface area (Å²) in [6.45, 7) is 7.10. The van der Waals surface area contributed by atoms with Crippen LogP contribution < -0.4 is 37.2 Å². The molecule has 3 fully saturated rings. The molecule has 0 unspecified atom stereocenters. The van der Waals surface area contributed by atoms with E-state index >= 15 is 0 Å². The maximum atomic E-state index is 14.2. The third-order valence-corrected chi connectivity index (χ3v) is 15.1. The Morgan fingerprint density at radius 2 is 1.27 bits per heavy atom. The van der Waals surface area contributed by atoms with Crippen molar-refractivity contribution in [1.29, 1.82) is 0 Å². The van der Waals surface area contributed by atoms with Crippen molar-refractivity contribution < 1.29 is 33.6 Å². The number of carbonyl (C=O) groups is 7. The normalized spacial score (nSPS) is 20.3. The zero-order valence-electron chi connectivity index (χ0n) is 44.4. The van der Waals surface area contributed by atoms with Gasteiger partial charge in [0.05, 0.1) is 12.1 Å². The van der Waals surface area contributed by atoms with Gasteiger partial charge in [0, 0.05) is 38.1 Å². The Morgan fingerprint density at radius 1 is 0.649 bits per heavy atom. The monoisotopic (exact) mass is 1020 g/mol. The summed E-state index contributed by atoms with van der Waals surface area (Å²) < 4.78 is 0. The Labute approximate surface area is 439 Å². The van der Waals surface area contributed by atoms with Crippen LogP contribution in [0.4, 0.5) is 9.59 Å². The van der Waals surface area contributed by atoms with Gasteiger partial charge in [-0.05, 0) is 125 Å². The number of rotatable bonds is 25. The maximum absolute atomic E-state index is 14.2. The molecule has 6 rings (SSSR count). The molecule has 3 saturated heterocycles. The van der Waals surface area contributed by atoms with Gasteiger partial charge in [-0.2, -0.15) is 0 Å². The average molecular weight is 1020 g/mol. The molecule has 16 heteroatoms. The molecule has 3 heterocycles. The number of nitrogens with one attached hydrogen (secondary N) is 7. The number of fused-ring (bicyclic) bond motifs is 1. The van der Waals surface area contributed by atoms with Crippen molar-refractivity contribution in [3.8, 4) is 0 Å². The number of likely N-dealkylation sites (tertiary alicyclic amines) is 1. The van der Waals surface area contributed by atoms with E-state index in [2.05, 4.69) is 68.4 Å². The molecule has 7 N–H and O–H groups in total. The Bertz CT molecular complexity index is 2300. The van der Waals surface area contributed by atoms with E-state index in [9.17, 15) is 33.6 Å². The van der Waals surface area contributed by atoms with E-state index in [0.717, 1.165) is 112 Å². The number of likely N-dealkylation sites (N-methyl/N-ethyl adjacent to an activating group) is 1. The first-order valence-electron chi connectivity index (χ1n) is 27.6. The van der Waals surface area contributed by atoms with Gasteiger partial charge in [-0.1, -0.05) is 125 Å². The van der Waals surface area contributed by atoms with E-state index in [1.807, 2.05) is 54.6 Å². The Kier molecular flexibility index (Phi) is 22.8. The lowest BCUT2D eigenvalue weighted by Gasteiger charge is -2.35. The Balaban J connectivity index is 0.877. The van der Waals surface area contributed by atoms with Gasteiger partial charge in [0.1, 0.15) is 18.1 Å². The second-order valence-electron chi connectivity index (χ2n) is 20.4. The van der Waals surface area contributed by atoms with Crippen LogP contribution in [0.3, 0.4) is 0 Å². The van der Waals surface area contributed by atoms with Gasteiger partial charge >= 0.3 is 12.1 Å². The van der Waals surface area contributed by atoms with E-state index in [1.54, 1.807) is 30.7 Å². The van der Waals surface area contributed by atoms with Crippen molar-refractivity contribution in [1.82, 2.24) is 47.0 Å². The lowest BCUT2D eigenvalue weighted by molar-refractivity contribution is -0.144. The number of carbonyl (C=O) groups excluding carboxylic acids is 7. The van der Waals surface area contributed by atoms with Crippen molar-refractivity contribution in [3.05, 3.63) is 107 Å². The minimum Gasteiger partial charge on any atom is -0.350 e. The highest BCUT2D eigenvalue weighted by Crippen LogP contribution is 2.33. The Hall–Kier alpha value is -6.29. The molecule has 3 aromatic carbocycles. The summed E-state index contributed by atoms with van der Waals surface area (Å²) in [7, 11) is 1.66. The molecule has 16 nitrogen and oxygen atoms in total.